The van der Waals surface area contributed by atoms with Crippen LogP contribution in [0.4, 0.5) is 0 Å². The molecule has 1 N–H and O–H groups in total. The Bertz CT molecular complexity index is 134. The highest BCUT2D eigenvalue weighted by Gasteiger charge is 2.13. The molecule has 15 heavy (non-hydrogen) atoms. The maximum absolute atomic E-state index is 8.60. The Kier molecular flexibility index (Phi) is 8.02. The Morgan fingerprint density at radius 3 is 2.40 bits per heavy atom. The van der Waals surface area contributed by atoms with E-state index in [0.717, 1.165) is 6.61 Å². The van der Waals surface area contributed by atoms with Crippen molar-refractivity contribution >= 4 is 0 Å². The Balaban J connectivity index is 0.000000288. The van der Waals surface area contributed by atoms with Gasteiger partial charge in [-0.05, 0) is 33.1 Å². The highest BCUT2D eigenvalue weighted by atomic mass is 16.6. The SMILES string of the molecule is CCCCC1CCCO1.COC(C)(C)O. The first-order valence-electron chi connectivity index (χ1n) is 5.88. The molecule has 0 aliphatic carbocycles. The van der Waals surface area contributed by atoms with E-state index in [9.17, 15) is 0 Å². The van der Waals surface area contributed by atoms with Crippen LogP contribution in [-0.2, 0) is 9.47 Å². The standard InChI is InChI=1S/C8H16O.C4H10O2/c1-2-3-5-8-6-4-7-9-8;1-4(2,5)6-3/h8H,2-7H2,1H3;5H,1-3H3. The van der Waals surface area contributed by atoms with Crippen LogP contribution in [0.1, 0.15) is 52.9 Å². The first-order valence-corrected chi connectivity index (χ1v) is 5.88. The third-order valence-electron chi connectivity index (χ3n) is 2.40. The van der Waals surface area contributed by atoms with Gasteiger partial charge in [-0.15, -0.1) is 0 Å². The van der Waals surface area contributed by atoms with Gasteiger partial charge in [0.05, 0.1) is 6.10 Å². The predicted octanol–water partition coefficient (Wildman–Crippen LogP) is 2.72. The van der Waals surface area contributed by atoms with Crippen molar-refractivity contribution in [3.05, 3.63) is 0 Å². The van der Waals surface area contributed by atoms with E-state index in [2.05, 4.69) is 11.7 Å². The van der Waals surface area contributed by atoms with Gasteiger partial charge in [-0.25, -0.2) is 0 Å². The van der Waals surface area contributed by atoms with Crippen molar-refractivity contribution in [1.82, 2.24) is 0 Å². The summed E-state index contributed by atoms with van der Waals surface area (Å²) in [5, 5.41) is 8.60. The average molecular weight is 218 g/mol. The maximum Gasteiger partial charge on any atom is 0.159 e. The van der Waals surface area contributed by atoms with Gasteiger partial charge >= 0.3 is 0 Å². The van der Waals surface area contributed by atoms with Gasteiger partial charge in [0.25, 0.3) is 0 Å². The largest absolute Gasteiger partial charge is 0.378 e. The van der Waals surface area contributed by atoms with Gasteiger partial charge in [-0.3, -0.25) is 0 Å². The summed E-state index contributed by atoms with van der Waals surface area (Å²) in [5.74, 6) is -0.958. The second-order valence-corrected chi connectivity index (χ2v) is 4.43. The molecule has 92 valence electrons. The minimum absolute atomic E-state index is 0.616. The molecule has 1 atom stereocenters. The lowest BCUT2D eigenvalue weighted by Crippen LogP contribution is -2.20. The zero-order valence-corrected chi connectivity index (χ0v) is 10.6. The first-order chi connectivity index (χ1) is 6.99. The lowest BCUT2D eigenvalue weighted by atomic mass is 10.1. The molecule has 0 amide bonds. The van der Waals surface area contributed by atoms with E-state index in [1.807, 2.05) is 0 Å². The molecule has 1 aliphatic rings. The average Bonchev–Trinajstić information content (AvgIpc) is 2.67. The van der Waals surface area contributed by atoms with Crippen molar-refractivity contribution in [1.29, 1.82) is 0 Å². The highest BCUT2D eigenvalue weighted by Crippen LogP contribution is 2.17. The Labute approximate surface area is 93.8 Å². The van der Waals surface area contributed by atoms with Crippen molar-refractivity contribution in [2.24, 2.45) is 0 Å². The number of aliphatic hydroxyl groups is 1. The van der Waals surface area contributed by atoms with Gasteiger partial charge in [0.15, 0.2) is 5.79 Å². The quantitative estimate of drug-likeness (QED) is 0.737. The van der Waals surface area contributed by atoms with Crippen LogP contribution < -0.4 is 0 Å². The summed E-state index contributed by atoms with van der Waals surface area (Å²) in [6.07, 6.45) is 7.14. The number of hydrogen-bond acceptors (Lipinski definition) is 3. The van der Waals surface area contributed by atoms with Gasteiger partial charge in [0, 0.05) is 13.7 Å². The van der Waals surface area contributed by atoms with Crippen LogP contribution in [0, 0.1) is 0 Å². The van der Waals surface area contributed by atoms with Crippen molar-refractivity contribution in [3.63, 3.8) is 0 Å². The molecule has 0 radical (unpaired) electrons. The monoisotopic (exact) mass is 218 g/mol. The van der Waals surface area contributed by atoms with Crippen LogP contribution in [0.2, 0.25) is 0 Å². The fourth-order valence-electron chi connectivity index (χ4n) is 1.30. The summed E-state index contributed by atoms with van der Waals surface area (Å²) < 4.78 is 9.95. The smallest absolute Gasteiger partial charge is 0.159 e. The summed E-state index contributed by atoms with van der Waals surface area (Å²) in [6, 6.07) is 0. The van der Waals surface area contributed by atoms with E-state index in [4.69, 9.17) is 9.84 Å². The van der Waals surface area contributed by atoms with Crippen LogP contribution in [0.25, 0.3) is 0 Å². The summed E-state index contributed by atoms with van der Waals surface area (Å²) in [5.41, 5.74) is 0. The molecule has 1 unspecified atom stereocenters. The molecule has 0 aromatic carbocycles. The van der Waals surface area contributed by atoms with Crippen molar-refractivity contribution in [3.8, 4) is 0 Å². The first kappa shape index (κ1) is 14.9. The number of rotatable bonds is 4. The Hall–Kier alpha value is -0.120. The normalized spacial score (nSPS) is 21.0. The lowest BCUT2D eigenvalue weighted by Gasteiger charge is -2.12. The van der Waals surface area contributed by atoms with E-state index in [1.54, 1.807) is 13.8 Å². The van der Waals surface area contributed by atoms with Gasteiger partial charge in [-0.2, -0.15) is 0 Å². The lowest BCUT2D eigenvalue weighted by molar-refractivity contribution is -0.155. The Morgan fingerprint density at radius 2 is 2.07 bits per heavy atom. The van der Waals surface area contributed by atoms with E-state index >= 15 is 0 Å². The fourth-order valence-corrected chi connectivity index (χ4v) is 1.30. The summed E-state index contributed by atoms with van der Waals surface area (Å²) in [6.45, 7) is 6.39. The van der Waals surface area contributed by atoms with Gasteiger partial charge in [-0.1, -0.05) is 19.8 Å². The Morgan fingerprint density at radius 1 is 1.47 bits per heavy atom. The number of hydrogen-bond donors (Lipinski definition) is 1. The molecule has 1 aliphatic heterocycles. The molecule has 0 saturated carbocycles. The van der Waals surface area contributed by atoms with E-state index in [-0.39, 0.29) is 0 Å². The molecule has 0 spiro atoms. The molecule has 1 rings (SSSR count). The van der Waals surface area contributed by atoms with Crippen LogP contribution in [0.15, 0.2) is 0 Å². The number of ether oxygens (including phenoxy) is 2. The molecule has 1 saturated heterocycles. The van der Waals surface area contributed by atoms with Crippen LogP contribution >= 0.6 is 0 Å². The van der Waals surface area contributed by atoms with Gasteiger partial charge in [0.2, 0.25) is 0 Å². The minimum atomic E-state index is -0.958. The minimum Gasteiger partial charge on any atom is -0.378 e. The second kappa shape index (κ2) is 8.08. The van der Waals surface area contributed by atoms with Crippen molar-refractivity contribution in [2.45, 2.75) is 64.8 Å². The van der Waals surface area contributed by atoms with Crippen molar-refractivity contribution < 1.29 is 14.6 Å². The van der Waals surface area contributed by atoms with E-state index in [0.29, 0.717) is 6.10 Å². The third-order valence-corrected chi connectivity index (χ3v) is 2.40. The fraction of sp³-hybridized carbons (Fsp3) is 1.00. The third kappa shape index (κ3) is 10.2. The molecule has 3 nitrogen and oxygen atoms in total. The molecule has 0 aromatic heterocycles. The topological polar surface area (TPSA) is 38.7 Å². The second-order valence-electron chi connectivity index (χ2n) is 4.43. The molecule has 1 fully saturated rings. The zero-order chi connectivity index (χ0) is 11.7. The zero-order valence-electron chi connectivity index (χ0n) is 10.6. The molecular weight excluding hydrogens is 192 g/mol. The predicted molar refractivity (Wildman–Crippen MR) is 61.8 cm³/mol. The van der Waals surface area contributed by atoms with Gasteiger partial charge in [0.1, 0.15) is 0 Å². The van der Waals surface area contributed by atoms with E-state index < -0.39 is 5.79 Å². The van der Waals surface area contributed by atoms with Crippen molar-refractivity contribution in [2.75, 3.05) is 13.7 Å². The summed E-state index contributed by atoms with van der Waals surface area (Å²) >= 11 is 0. The number of unbranched alkanes of at least 4 members (excludes halogenated alkanes) is 1. The van der Waals surface area contributed by atoms with Gasteiger partial charge < -0.3 is 14.6 Å². The van der Waals surface area contributed by atoms with Crippen LogP contribution in [0.3, 0.4) is 0 Å². The maximum atomic E-state index is 8.60. The molecule has 1 heterocycles. The molecule has 0 aromatic rings. The van der Waals surface area contributed by atoms with Crippen LogP contribution in [0.5, 0.6) is 0 Å². The highest BCUT2D eigenvalue weighted by molar-refractivity contribution is 4.63. The number of methoxy groups -OCH3 is 1. The molecular formula is C12H26O3. The van der Waals surface area contributed by atoms with E-state index in [1.165, 1.54) is 39.2 Å². The summed E-state index contributed by atoms with van der Waals surface area (Å²) in [7, 11) is 1.46. The summed E-state index contributed by atoms with van der Waals surface area (Å²) in [4.78, 5) is 0. The van der Waals surface area contributed by atoms with Crippen LogP contribution in [-0.4, -0.2) is 30.7 Å². The molecule has 0 bridgehead atoms. The molecule has 3 heteroatoms.